The molecule has 0 spiro atoms. The number of carbonyl (C=O) groups excluding carboxylic acids is 1. The quantitative estimate of drug-likeness (QED) is 0.612. The Kier molecular flexibility index (Phi) is 7.28. The van der Waals surface area contributed by atoms with Crippen molar-refractivity contribution < 1.29 is 22.7 Å². The van der Waals surface area contributed by atoms with Crippen molar-refractivity contribution >= 4 is 23.6 Å². The number of alkyl halides is 3. The number of ether oxygens (including phenoxy) is 1. The average Bonchev–Trinajstić information content (AvgIpc) is 2.58. The minimum absolute atomic E-state index is 0.153. The molecule has 25 heavy (non-hydrogen) atoms. The third-order valence-corrected chi connectivity index (χ3v) is 4.14. The maximum atomic E-state index is 12.7. The first-order valence-corrected chi connectivity index (χ1v) is 8.37. The lowest BCUT2D eigenvalue weighted by atomic mass is 10.1. The molecule has 1 aliphatic rings. The van der Waals surface area contributed by atoms with Crippen molar-refractivity contribution in [3.63, 3.8) is 0 Å². The first-order valence-electron chi connectivity index (χ1n) is 7.99. The Morgan fingerprint density at radius 1 is 1.32 bits per heavy atom. The predicted octanol–water partition coefficient (Wildman–Crippen LogP) is 3.21. The van der Waals surface area contributed by atoms with E-state index < -0.39 is 11.7 Å². The summed E-state index contributed by atoms with van der Waals surface area (Å²) < 4.78 is 43.4. The first-order chi connectivity index (χ1) is 11.9. The number of hydrogen-bond acceptors (Lipinski definition) is 3. The third-order valence-electron chi connectivity index (χ3n) is 3.79. The van der Waals surface area contributed by atoms with Crippen LogP contribution in [-0.4, -0.2) is 50.2 Å². The summed E-state index contributed by atoms with van der Waals surface area (Å²) in [6.07, 6.45) is -1.18. The van der Waals surface area contributed by atoms with Gasteiger partial charge in [0.1, 0.15) is 0 Å². The lowest BCUT2D eigenvalue weighted by Gasteiger charge is -2.26. The molecule has 1 aromatic carbocycles. The van der Waals surface area contributed by atoms with Crippen molar-refractivity contribution in [1.29, 1.82) is 0 Å². The van der Waals surface area contributed by atoms with Gasteiger partial charge in [0.2, 0.25) is 5.91 Å². The number of rotatable bonds is 6. The van der Waals surface area contributed by atoms with Gasteiger partial charge in [0.25, 0.3) is 0 Å². The van der Waals surface area contributed by atoms with Crippen molar-refractivity contribution in [1.82, 2.24) is 10.2 Å². The maximum Gasteiger partial charge on any atom is 0.416 e. The molecule has 2 rings (SSSR count). The van der Waals surface area contributed by atoms with Crippen LogP contribution in [0.15, 0.2) is 24.3 Å². The predicted molar refractivity (Wildman–Crippen MR) is 90.4 cm³/mol. The van der Waals surface area contributed by atoms with Crippen LogP contribution in [0.5, 0.6) is 0 Å². The summed E-state index contributed by atoms with van der Waals surface area (Å²) in [4.78, 5) is 14.0. The number of halogens is 4. The van der Waals surface area contributed by atoms with Gasteiger partial charge in [-0.25, -0.2) is 0 Å². The van der Waals surface area contributed by atoms with Gasteiger partial charge in [-0.1, -0.05) is 11.6 Å². The molecule has 0 atom stereocenters. The highest BCUT2D eigenvalue weighted by Gasteiger charge is 2.30. The summed E-state index contributed by atoms with van der Waals surface area (Å²) in [6.45, 7) is 4.60. The number of hydrogen-bond donors (Lipinski definition) is 1. The van der Waals surface area contributed by atoms with Crippen LogP contribution < -0.4 is 5.32 Å². The Morgan fingerprint density at radius 2 is 2.04 bits per heavy atom. The van der Waals surface area contributed by atoms with Crippen molar-refractivity contribution in [2.24, 2.45) is 0 Å². The minimum atomic E-state index is -4.45. The Bertz CT molecular complexity index is 614. The largest absolute Gasteiger partial charge is 0.416 e. The molecule has 1 fully saturated rings. The molecule has 0 saturated carbocycles. The van der Waals surface area contributed by atoms with Crippen LogP contribution in [0.2, 0.25) is 5.02 Å². The summed E-state index contributed by atoms with van der Waals surface area (Å²) in [6, 6.07) is 3.00. The van der Waals surface area contributed by atoms with Gasteiger partial charge in [-0.3, -0.25) is 9.69 Å². The van der Waals surface area contributed by atoms with Crippen molar-refractivity contribution in [3.05, 3.63) is 40.4 Å². The Morgan fingerprint density at radius 3 is 2.72 bits per heavy atom. The Balaban J connectivity index is 1.79. The second-order valence-electron chi connectivity index (χ2n) is 5.67. The minimum Gasteiger partial charge on any atom is -0.379 e. The lowest BCUT2D eigenvalue weighted by molar-refractivity contribution is -0.137. The summed E-state index contributed by atoms with van der Waals surface area (Å²) in [5.41, 5.74) is -0.651. The normalized spacial score (nSPS) is 16.3. The third kappa shape index (κ3) is 6.68. The first kappa shape index (κ1) is 19.8. The van der Waals surface area contributed by atoms with E-state index in [4.69, 9.17) is 16.3 Å². The monoisotopic (exact) mass is 376 g/mol. The zero-order valence-corrected chi connectivity index (χ0v) is 14.4. The summed E-state index contributed by atoms with van der Waals surface area (Å²) in [5.74, 6) is -0.365. The molecule has 0 aromatic heterocycles. The standard InChI is InChI=1S/C17H20ClF3N2O2/c18-15-4-3-14(17(19,20)21)12-13(15)2-5-16(24)22-6-1-7-23-8-10-25-11-9-23/h2-5,12H,1,6-11H2,(H,22,24)/b5-2+. The summed E-state index contributed by atoms with van der Waals surface area (Å²) >= 11 is 5.88. The molecule has 1 aromatic rings. The van der Waals surface area contributed by atoms with Gasteiger partial charge < -0.3 is 10.1 Å². The molecule has 0 unspecified atom stereocenters. The second kappa shape index (κ2) is 9.22. The van der Waals surface area contributed by atoms with Crippen LogP contribution in [0, 0.1) is 0 Å². The number of carbonyl (C=O) groups is 1. The second-order valence-corrected chi connectivity index (χ2v) is 6.07. The molecule has 1 saturated heterocycles. The molecule has 0 aliphatic carbocycles. The Labute approximate surface area is 149 Å². The van der Waals surface area contributed by atoms with Gasteiger partial charge in [0.05, 0.1) is 18.8 Å². The average molecular weight is 377 g/mol. The molecule has 1 heterocycles. The molecule has 8 heteroatoms. The molecule has 1 amide bonds. The van der Waals surface area contributed by atoms with Gasteiger partial charge in [-0.15, -0.1) is 0 Å². The van der Waals surface area contributed by atoms with E-state index in [-0.39, 0.29) is 16.5 Å². The van der Waals surface area contributed by atoms with Gasteiger partial charge in [-0.2, -0.15) is 13.2 Å². The molecule has 1 aliphatic heterocycles. The van der Waals surface area contributed by atoms with E-state index in [9.17, 15) is 18.0 Å². The zero-order chi connectivity index (χ0) is 18.3. The van der Waals surface area contributed by atoms with E-state index >= 15 is 0 Å². The fourth-order valence-corrected chi connectivity index (χ4v) is 2.59. The number of benzene rings is 1. The highest BCUT2D eigenvalue weighted by molar-refractivity contribution is 6.32. The molecule has 138 valence electrons. The molecule has 1 N–H and O–H groups in total. The van der Waals surface area contributed by atoms with Crippen LogP contribution in [0.25, 0.3) is 6.08 Å². The van der Waals surface area contributed by atoms with Crippen LogP contribution in [0.3, 0.4) is 0 Å². The number of amides is 1. The fourth-order valence-electron chi connectivity index (χ4n) is 2.41. The van der Waals surface area contributed by atoms with Gasteiger partial charge >= 0.3 is 6.18 Å². The van der Waals surface area contributed by atoms with E-state index in [2.05, 4.69) is 10.2 Å². The van der Waals surface area contributed by atoms with Crippen LogP contribution in [0.1, 0.15) is 17.5 Å². The van der Waals surface area contributed by atoms with E-state index in [0.717, 1.165) is 51.4 Å². The van der Waals surface area contributed by atoms with E-state index in [1.165, 1.54) is 18.2 Å². The smallest absolute Gasteiger partial charge is 0.379 e. The van der Waals surface area contributed by atoms with Crippen molar-refractivity contribution in [2.75, 3.05) is 39.4 Å². The van der Waals surface area contributed by atoms with E-state index in [1.807, 2.05) is 0 Å². The zero-order valence-electron chi connectivity index (χ0n) is 13.6. The highest BCUT2D eigenvalue weighted by atomic mass is 35.5. The molecular weight excluding hydrogens is 357 g/mol. The summed E-state index contributed by atoms with van der Waals surface area (Å²) in [5, 5.41) is 2.86. The number of nitrogens with zero attached hydrogens (tertiary/aromatic N) is 1. The van der Waals surface area contributed by atoms with E-state index in [1.54, 1.807) is 0 Å². The van der Waals surface area contributed by atoms with Gasteiger partial charge in [0.15, 0.2) is 0 Å². The topological polar surface area (TPSA) is 41.6 Å². The van der Waals surface area contributed by atoms with Gasteiger partial charge in [-0.05, 0) is 42.8 Å². The molecule has 0 radical (unpaired) electrons. The highest BCUT2D eigenvalue weighted by Crippen LogP contribution is 2.32. The van der Waals surface area contributed by atoms with Crippen molar-refractivity contribution in [3.8, 4) is 0 Å². The molecule has 4 nitrogen and oxygen atoms in total. The summed E-state index contributed by atoms with van der Waals surface area (Å²) in [7, 11) is 0. The molecular formula is C17H20ClF3N2O2. The lowest BCUT2D eigenvalue weighted by Crippen LogP contribution is -2.38. The van der Waals surface area contributed by atoms with Crippen LogP contribution in [-0.2, 0) is 15.7 Å². The number of nitrogens with one attached hydrogen (secondary N) is 1. The van der Waals surface area contributed by atoms with Crippen LogP contribution >= 0.6 is 11.6 Å². The SMILES string of the molecule is O=C(/C=C/c1cc(C(F)(F)F)ccc1Cl)NCCCN1CCOCC1. The van der Waals surface area contributed by atoms with Crippen molar-refractivity contribution in [2.45, 2.75) is 12.6 Å². The van der Waals surface area contributed by atoms with Gasteiger partial charge in [0, 0.05) is 30.7 Å². The van der Waals surface area contributed by atoms with Crippen LogP contribution in [0.4, 0.5) is 13.2 Å². The number of morpholine rings is 1. The fraction of sp³-hybridized carbons (Fsp3) is 0.471. The maximum absolute atomic E-state index is 12.7. The Hall–Kier alpha value is -1.57. The van der Waals surface area contributed by atoms with E-state index in [0.29, 0.717) is 6.54 Å². The molecule has 0 bridgehead atoms.